The maximum Gasteiger partial charge on any atom is 0.307 e. The fraction of sp³-hybridized carbons (Fsp3) is 0.462. The van der Waals surface area contributed by atoms with Gasteiger partial charge in [0.1, 0.15) is 13.2 Å². The van der Waals surface area contributed by atoms with E-state index in [0.717, 1.165) is 15.6 Å². The molecule has 5 heteroatoms. The molecule has 0 saturated heterocycles. The lowest BCUT2D eigenvalue weighted by molar-refractivity contribution is -0.136. The number of rotatable bonds is 3. The molecule has 0 amide bonds. The molecule has 0 fully saturated rings. The van der Waals surface area contributed by atoms with Gasteiger partial charge in [0.2, 0.25) is 0 Å². The molecule has 18 heavy (non-hydrogen) atoms. The van der Waals surface area contributed by atoms with Crippen molar-refractivity contribution in [2.24, 2.45) is 0 Å². The van der Waals surface area contributed by atoms with Crippen molar-refractivity contribution in [3.8, 4) is 11.5 Å². The number of aliphatic carboxylic acids is 1. The van der Waals surface area contributed by atoms with Gasteiger partial charge in [-0.25, -0.2) is 0 Å². The summed E-state index contributed by atoms with van der Waals surface area (Å²) in [7, 11) is 0. The van der Waals surface area contributed by atoms with Crippen LogP contribution in [0.3, 0.4) is 0 Å². The van der Waals surface area contributed by atoms with Gasteiger partial charge in [-0.05, 0) is 17.5 Å². The highest BCUT2D eigenvalue weighted by Crippen LogP contribution is 2.43. The number of carbonyl (C=O) groups is 1. The SMILES string of the molecule is CC(C)c1c(CC(=O)O)c(Br)cc2c1OCCO2. The van der Waals surface area contributed by atoms with Crippen molar-refractivity contribution < 1.29 is 19.4 Å². The Labute approximate surface area is 114 Å². The normalized spacial score (nSPS) is 13.8. The van der Waals surface area contributed by atoms with E-state index < -0.39 is 5.97 Å². The summed E-state index contributed by atoms with van der Waals surface area (Å²) in [5.41, 5.74) is 1.68. The molecule has 0 spiro atoms. The fourth-order valence-corrected chi connectivity index (χ4v) is 2.72. The zero-order valence-electron chi connectivity index (χ0n) is 10.3. The number of halogens is 1. The third kappa shape index (κ3) is 2.46. The molecular formula is C13H15BrO4. The number of hydrogen-bond acceptors (Lipinski definition) is 3. The third-order valence-corrected chi connectivity index (χ3v) is 3.54. The number of benzene rings is 1. The van der Waals surface area contributed by atoms with E-state index in [4.69, 9.17) is 14.6 Å². The molecule has 0 radical (unpaired) electrons. The van der Waals surface area contributed by atoms with Crippen molar-refractivity contribution in [1.29, 1.82) is 0 Å². The summed E-state index contributed by atoms with van der Waals surface area (Å²) in [6.07, 6.45) is -0.0231. The van der Waals surface area contributed by atoms with Gasteiger partial charge in [0.25, 0.3) is 0 Å². The lowest BCUT2D eigenvalue weighted by atomic mass is 9.93. The van der Waals surface area contributed by atoms with Gasteiger partial charge in [-0.3, -0.25) is 4.79 Å². The van der Waals surface area contributed by atoms with Crippen LogP contribution in [0.25, 0.3) is 0 Å². The second-order valence-electron chi connectivity index (χ2n) is 4.50. The van der Waals surface area contributed by atoms with Crippen molar-refractivity contribution in [1.82, 2.24) is 0 Å². The Kier molecular flexibility index (Phi) is 3.80. The molecule has 0 unspecified atom stereocenters. The average Bonchev–Trinajstić information content (AvgIpc) is 2.28. The van der Waals surface area contributed by atoms with Crippen LogP contribution in [0.2, 0.25) is 0 Å². The lowest BCUT2D eigenvalue weighted by Crippen LogP contribution is -2.18. The van der Waals surface area contributed by atoms with Crippen molar-refractivity contribution in [2.75, 3.05) is 13.2 Å². The van der Waals surface area contributed by atoms with E-state index in [1.54, 1.807) is 6.07 Å². The first-order valence-corrected chi connectivity index (χ1v) is 6.62. The molecule has 0 aromatic heterocycles. The molecule has 0 aliphatic carbocycles. The van der Waals surface area contributed by atoms with E-state index in [-0.39, 0.29) is 12.3 Å². The zero-order valence-corrected chi connectivity index (χ0v) is 11.9. The monoisotopic (exact) mass is 314 g/mol. The minimum absolute atomic E-state index is 0.0231. The molecule has 1 heterocycles. The van der Waals surface area contributed by atoms with E-state index in [2.05, 4.69) is 15.9 Å². The predicted molar refractivity (Wildman–Crippen MR) is 70.6 cm³/mol. The smallest absolute Gasteiger partial charge is 0.307 e. The van der Waals surface area contributed by atoms with Gasteiger partial charge in [-0.1, -0.05) is 29.8 Å². The second kappa shape index (κ2) is 5.18. The highest BCUT2D eigenvalue weighted by atomic mass is 79.9. The molecule has 2 rings (SSSR count). The zero-order chi connectivity index (χ0) is 13.3. The summed E-state index contributed by atoms with van der Waals surface area (Å²) in [4.78, 5) is 11.0. The summed E-state index contributed by atoms with van der Waals surface area (Å²) in [5, 5.41) is 9.01. The van der Waals surface area contributed by atoms with Crippen molar-refractivity contribution in [2.45, 2.75) is 26.2 Å². The highest BCUT2D eigenvalue weighted by Gasteiger charge is 2.24. The molecule has 1 aromatic rings. The Balaban J connectivity index is 2.60. The Morgan fingerprint density at radius 1 is 1.44 bits per heavy atom. The average molecular weight is 315 g/mol. The standard InChI is InChI=1S/C13H15BrO4/c1-7(2)12-8(5-11(15)16)9(14)6-10-13(12)18-4-3-17-10/h6-7H,3-5H2,1-2H3,(H,15,16). The first-order valence-electron chi connectivity index (χ1n) is 5.83. The number of carboxylic acid groups (broad SMARTS) is 1. The lowest BCUT2D eigenvalue weighted by Gasteiger charge is -2.25. The summed E-state index contributed by atoms with van der Waals surface area (Å²) in [6.45, 7) is 5.06. The van der Waals surface area contributed by atoms with Gasteiger partial charge in [-0.2, -0.15) is 0 Å². The number of carboxylic acids is 1. The van der Waals surface area contributed by atoms with E-state index in [1.165, 1.54) is 0 Å². The van der Waals surface area contributed by atoms with E-state index in [9.17, 15) is 4.79 Å². The summed E-state index contributed by atoms with van der Waals surface area (Å²) in [6, 6.07) is 1.79. The van der Waals surface area contributed by atoms with Crippen LogP contribution in [0.5, 0.6) is 11.5 Å². The van der Waals surface area contributed by atoms with E-state index in [0.29, 0.717) is 24.7 Å². The molecule has 0 atom stereocenters. The topological polar surface area (TPSA) is 55.8 Å². The van der Waals surface area contributed by atoms with Crippen molar-refractivity contribution in [3.63, 3.8) is 0 Å². The molecule has 1 aromatic carbocycles. The molecule has 98 valence electrons. The summed E-state index contributed by atoms with van der Waals surface area (Å²) in [5.74, 6) is 0.697. The number of fused-ring (bicyclic) bond motifs is 1. The van der Waals surface area contributed by atoms with Crippen LogP contribution in [0.1, 0.15) is 30.9 Å². The molecule has 1 N–H and O–H groups in total. The fourth-order valence-electron chi connectivity index (χ4n) is 2.16. The van der Waals surface area contributed by atoms with Crippen LogP contribution in [-0.4, -0.2) is 24.3 Å². The first-order chi connectivity index (χ1) is 8.50. The Bertz CT molecular complexity index is 482. The van der Waals surface area contributed by atoms with Crippen molar-refractivity contribution in [3.05, 3.63) is 21.7 Å². The van der Waals surface area contributed by atoms with Crippen molar-refractivity contribution >= 4 is 21.9 Å². The van der Waals surface area contributed by atoms with Gasteiger partial charge < -0.3 is 14.6 Å². The minimum atomic E-state index is -0.853. The quantitative estimate of drug-likeness (QED) is 0.932. The van der Waals surface area contributed by atoms with Crippen LogP contribution in [-0.2, 0) is 11.2 Å². The predicted octanol–water partition coefficient (Wildman–Crippen LogP) is 2.97. The van der Waals surface area contributed by atoms with E-state index in [1.807, 2.05) is 13.8 Å². The van der Waals surface area contributed by atoms with Gasteiger partial charge in [0, 0.05) is 10.0 Å². The maximum absolute atomic E-state index is 11.0. The molecule has 1 aliphatic heterocycles. The van der Waals surface area contributed by atoms with Crippen LogP contribution in [0.15, 0.2) is 10.5 Å². The van der Waals surface area contributed by atoms with Gasteiger partial charge in [0.15, 0.2) is 11.5 Å². The van der Waals surface area contributed by atoms with Crippen LogP contribution >= 0.6 is 15.9 Å². The summed E-state index contributed by atoms with van der Waals surface area (Å²) >= 11 is 3.42. The molecule has 0 saturated carbocycles. The second-order valence-corrected chi connectivity index (χ2v) is 5.35. The molecule has 0 bridgehead atoms. The molecule has 1 aliphatic rings. The largest absolute Gasteiger partial charge is 0.486 e. The van der Waals surface area contributed by atoms with Gasteiger partial charge in [-0.15, -0.1) is 0 Å². The van der Waals surface area contributed by atoms with Gasteiger partial charge >= 0.3 is 5.97 Å². The van der Waals surface area contributed by atoms with Crippen LogP contribution in [0, 0.1) is 0 Å². The van der Waals surface area contributed by atoms with E-state index >= 15 is 0 Å². The number of ether oxygens (including phenoxy) is 2. The number of hydrogen-bond donors (Lipinski definition) is 1. The Hall–Kier alpha value is -1.23. The Morgan fingerprint density at radius 2 is 2.11 bits per heavy atom. The van der Waals surface area contributed by atoms with Gasteiger partial charge in [0.05, 0.1) is 6.42 Å². The van der Waals surface area contributed by atoms with Crippen LogP contribution < -0.4 is 9.47 Å². The third-order valence-electron chi connectivity index (χ3n) is 2.83. The molecule has 4 nitrogen and oxygen atoms in total. The summed E-state index contributed by atoms with van der Waals surface area (Å²) < 4.78 is 12.0. The first kappa shape index (κ1) is 13.2. The van der Waals surface area contributed by atoms with Crippen LogP contribution in [0.4, 0.5) is 0 Å². The molecular weight excluding hydrogens is 300 g/mol. The highest BCUT2D eigenvalue weighted by molar-refractivity contribution is 9.10. The Morgan fingerprint density at radius 3 is 2.72 bits per heavy atom. The minimum Gasteiger partial charge on any atom is -0.486 e. The maximum atomic E-state index is 11.0.